The first-order valence-electron chi connectivity index (χ1n) is 4.90. The first-order chi connectivity index (χ1) is 8.20. The highest BCUT2D eigenvalue weighted by Gasteiger charge is 2.04. The second-order valence-corrected chi connectivity index (χ2v) is 3.34. The third-order valence-electron chi connectivity index (χ3n) is 2.28. The molecule has 2 rings (SSSR count). The molecule has 0 bridgehead atoms. The SMILES string of the molecule is COc1ncc(-c2ccc(C(=O)O)cc2)cn1. The standard InChI is InChI=1S/C12H10N2O3/c1-17-12-13-6-10(7-14-12)8-2-4-9(5-3-8)11(15)16/h2-7H,1H3,(H,15,16). The molecule has 0 aliphatic rings. The number of carbonyl (C=O) groups is 1. The van der Waals surface area contributed by atoms with Gasteiger partial charge in [-0.2, -0.15) is 0 Å². The number of hydrogen-bond donors (Lipinski definition) is 1. The summed E-state index contributed by atoms with van der Waals surface area (Å²) in [5, 5.41) is 8.77. The van der Waals surface area contributed by atoms with Gasteiger partial charge in [-0.25, -0.2) is 14.8 Å². The summed E-state index contributed by atoms with van der Waals surface area (Å²) in [5.41, 5.74) is 1.92. The first kappa shape index (κ1) is 11.1. The van der Waals surface area contributed by atoms with E-state index in [9.17, 15) is 4.79 Å². The van der Waals surface area contributed by atoms with Gasteiger partial charge in [-0.1, -0.05) is 12.1 Å². The van der Waals surface area contributed by atoms with E-state index in [1.807, 2.05) is 0 Å². The number of hydrogen-bond acceptors (Lipinski definition) is 4. The number of aromatic carboxylic acids is 1. The Balaban J connectivity index is 2.29. The number of carboxylic acid groups (broad SMARTS) is 1. The van der Waals surface area contributed by atoms with Gasteiger partial charge in [0.05, 0.1) is 12.7 Å². The number of aromatic nitrogens is 2. The van der Waals surface area contributed by atoms with E-state index >= 15 is 0 Å². The summed E-state index contributed by atoms with van der Waals surface area (Å²) in [4.78, 5) is 18.7. The Labute approximate surface area is 97.7 Å². The molecule has 0 saturated carbocycles. The van der Waals surface area contributed by atoms with Gasteiger partial charge in [0, 0.05) is 18.0 Å². The molecule has 1 heterocycles. The Morgan fingerprint density at radius 3 is 2.18 bits per heavy atom. The van der Waals surface area contributed by atoms with Gasteiger partial charge < -0.3 is 9.84 Å². The third kappa shape index (κ3) is 2.39. The van der Waals surface area contributed by atoms with Crippen LogP contribution in [0.1, 0.15) is 10.4 Å². The number of nitrogens with zero attached hydrogens (tertiary/aromatic N) is 2. The fraction of sp³-hybridized carbons (Fsp3) is 0.0833. The zero-order valence-corrected chi connectivity index (χ0v) is 9.12. The van der Waals surface area contributed by atoms with E-state index in [1.54, 1.807) is 36.7 Å². The third-order valence-corrected chi connectivity index (χ3v) is 2.28. The van der Waals surface area contributed by atoms with Crippen LogP contribution in [-0.4, -0.2) is 28.2 Å². The van der Waals surface area contributed by atoms with Crippen LogP contribution in [0.4, 0.5) is 0 Å². The van der Waals surface area contributed by atoms with Crippen LogP contribution in [0, 0.1) is 0 Å². The van der Waals surface area contributed by atoms with Gasteiger partial charge in [0.25, 0.3) is 0 Å². The van der Waals surface area contributed by atoms with Crippen molar-refractivity contribution in [1.29, 1.82) is 0 Å². The molecule has 86 valence electrons. The maximum absolute atomic E-state index is 10.7. The van der Waals surface area contributed by atoms with Crippen LogP contribution in [0.5, 0.6) is 6.01 Å². The van der Waals surface area contributed by atoms with Crippen LogP contribution < -0.4 is 4.74 Å². The van der Waals surface area contributed by atoms with E-state index < -0.39 is 5.97 Å². The predicted molar refractivity (Wildman–Crippen MR) is 61.0 cm³/mol. The molecule has 0 amide bonds. The molecule has 5 heteroatoms. The van der Waals surface area contributed by atoms with Gasteiger partial charge in [-0.15, -0.1) is 0 Å². The van der Waals surface area contributed by atoms with Crippen molar-refractivity contribution in [3.63, 3.8) is 0 Å². The molecule has 0 aliphatic carbocycles. The largest absolute Gasteiger partial charge is 0.478 e. The van der Waals surface area contributed by atoms with Gasteiger partial charge >= 0.3 is 12.0 Å². The quantitative estimate of drug-likeness (QED) is 0.871. The molecule has 5 nitrogen and oxygen atoms in total. The van der Waals surface area contributed by atoms with Gasteiger partial charge in [0.2, 0.25) is 0 Å². The summed E-state index contributed by atoms with van der Waals surface area (Å²) in [6, 6.07) is 6.82. The van der Waals surface area contributed by atoms with Crippen molar-refractivity contribution in [1.82, 2.24) is 9.97 Å². The van der Waals surface area contributed by atoms with Crippen LogP contribution in [0.25, 0.3) is 11.1 Å². The van der Waals surface area contributed by atoms with Crippen LogP contribution in [-0.2, 0) is 0 Å². The number of benzene rings is 1. The smallest absolute Gasteiger partial charge is 0.335 e. The van der Waals surface area contributed by atoms with E-state index in [-0.39, 0.29) is 5.56 Å². The van der Waals surface area contributed by atoms with E-state index in [0.29, 0.717) is 6.01 Å². The van der Waals surface area contributed by atoms with Crippen molar-refractivity contribution in [2.24, 2.45) is 0 Å². The van der Waals surface area contributed by atoms with Crippen LogP contribution in [0.2, 0.25) is 0 Å². The Morgan fingerprint density at radius 2 is 1.71 bits per heavy atom. The summed E-state index contributed by atoms with van der Waals surface area (Å²) < 4.78 is 4.86. The lowest BCUT2D eigenvalue weighted by Crippen LogP contribution is -1.95. The molecule has 1 N–H and O–H groups in total. The highest BCUT2D eigenvalue weighted by atomic mass is 16.5. The number of rotatable bonds is 3. The molecule has 1 aromatic heterocycles. The van der Waals surface area contributed by atoms with Gasteiger partial charge in [0.1, 0.15) is 0 Å². The average molecular weight is 230 g/mol. The average Bonchev–Trinajstić information content (AvgIpc) is 2.39. The maximum Gasteiger partial charge on any atom is 0.335 e. The summed E-state index contributed by atoms with van der Waals surface area (Å²) in [6.45, 7) is 0. The molecule has 0 radical (unpaired) electrons. The Hall–Kier alpha value is -2.43. The fourth-order valence-electron chi connectivity index (χ4n) is 1.38. The molecule has 0 atom stereocenters. The highest BCUT2D eigenvalue weighted by molar-refractivity contribution is 5.88. The number of ether oxygens (including phenoxy) is 1. The van der Waals surface area contributed by atoms with Crippen LogP contribution in [0.3, 0.4) is 0 Å². The van der Waals surface area contributed by atoms with Crippen LogP contribution >= 0.6 is 0 Å². The number of methoxy groups -OCH3 is 1. The lowest BCUT2D eigenvalue weighted by Gasteiger charge is -2.02. The Bertz CT molecular complexity index is 520. The summed E-state index contributed by atoms with van der Waals surface area (Å²) in [7, 11) is 1.50. The Kier molecular flexibility index (Phi) is 3.00. The molecule has 2 aromatic rings. The molecular weight excluding hydrogens is 220 g/mol. The monoisotopic (exact) mass is 230 g/mol. The van der Waals surface area contributed by atoms with Gasteiger partial charge in [0.15, 0.2) is 0 Å². The molecule has 0 unspecified atom stereocenters. The van der Waals surface area contributed by atoms with Crippen molar-refractivity contribution in [3.05, 3.63) is 42.2 Å². The predicted octanol–water partition coefficient (Wildman–Crippen LogP) is 1.85. The minimum atomic E-state index is -0.942. The molecule has 1 aromatic carbocycles. The van der Waals surface area contributed by atoms with Crippen molar-refractivity contribution in [3.8, 4) is 17.1 Å². The second kappa shape index (κ2) is 4.61. The summed E-state index contributed by atoms with van der Waals surface area (Å²) in [5.74, 6) is -0.942. The molecular formula is C12H10N2O3. The van der Waals surface area contributed by atoms with Gasteiger partial charge in [-0.05, 0) is 17.7 Å². The van der Waals surface area contributed by atoms with E-state index in [2.05, 4.69) is 9.97 Å². The fourth-order valence-corrected chi connectivity index (χ4v) is 1.38. The molecule has 0 spiro atoms. The normalized spacial score (nSPS) is 9.94. The Morgan fingerprint density at radius 1 is 1.12 bits per heavy atom. The van der Waals surface area contributed by atoms with E-state index in [0.717, 1.165) is 11.1 Å². The minimum Gasteiger partial charge on any atom is -0.478 e. The van der Waals surface area contributed by atoms with Gasteiger partial charge in [-0.3, -0.25) is 0 Å². The molecule has 17 heavy (non-hydrogen) atoms. The zero-order valence-electron chi connectivity index (χ0n) is 9.12. The van der Waals surface area contributed by atoms with E-state index in [1.165, 1.54) is 7.11 Å². The van der Waals surface area contributed by atoms with Crippen molar-refractivity contribution in [2.45, 2.75) is 0 Å². The molecule has 0 saturated heterocycles. The highest BCUT2D eigenvalue weighted by Crippen LogP contribution is 2.19. The van der Waals surface area contributed by atoms with Crippen molar-refractivity contribution in [2.75, 3.05) is 7.11 Å². The maximum atomic E-state index is 10.7. The van der Waals surface area contributed by atoms with Crippen molar-refractivity contribution < 1.29 is 14.6 Å². The first-order valence-corrected chi connectivity index (χ1v) is 4.90. The van der Waals surface area contributed by atoms with Crippen LogP contribution in [0.15, 0.2) is 36.7 Å². The topological polar surface area (TPSA) is 72.3 Å². The zero-order chi connectivity index (χ0) is 12.3. The lowest BCUT2D eigenvalue weighted by molar-refractivity contribution is 0.0697. The minimum absolute atomic E-state index is 0.253. The summed E-state index contributed by atoms with van der Waals surface area (Å²) in [6.07, 6.45) is 3.25. The van der Waals surface area contributed by atoms with Crippen molar-refractivity contribution >= 4 is 5.97 Å². The summed E-state index contributed by atoms with van der Waals surface area (Å²) >= 11 is 0. The number of carboxylic acids is 1. The molecule has 0 fully saturated rings. The van der Waals surface area contributed by atoms with E-state index in [4.69, 9.17) is 9.84 Å². The lowest BCUT2D eigenvalue weighted by atomic mass is 10.1. The molecule has 0 aliphatic heterocycles. The second-order valence-electron chi connectivity index (χ2n) is 3.34.